The van der Waals surface area contributed by atoms with Gasteiger partial charge in [0.2, 0.25) is 5.91 Å². The molecule has 0 aromatic carbocycles. The number of carbonyl (C=O) groups excluding carboxylic acids is 2. The molecule has 3 N–H and O–H groups in total. The van der Waals surface area contributed by atoms with Crippen LogP contribution in [0.5, 0.6) is 0 Å². The van der Waals surface area contributed by atoms with Gasteiger partial charge < -0.3 is 20.7 Å². The number of carbonyl (C=O) groups is 2. The zero-order valence-electron chi connectivity index (χ0n) is 18.4. The van der Waals surface area contributed by atoms with E-state index in [2.05, 4.69) is 35.7 Å². The molecule has 0 radical (unpaired) electrons. The molecular formula is C23H37ClFN3O2. The smallest absolute Gasteiger partial charge is 0.219 e. The molecule has 1 rings (SSSR count). The highest BCUT2D eigenvalue weighted by atomic mass is 35.5. The van der Waals surface area contributed by atoms with Gasteiger partial charge >= 0.3 is 0 Å². The predicted molar refractivity (Wildman–Crippen MR) is 124 cm³/mol. The molecule has 5 nitrogen and oxygen atoms in total. The lowest BCUT2D eigenvalue weighted by atomic mass is 9.87. The Morgan fingerprint density at radius 2 is 1.83 bits per heavy atom. The summed E-state index contributed by atoms with van der Waals surface area (Å²) in [4.78, 5) is 19.6. The van der Waals surface area contributed by atoms with Crippen LogP contribution in [-0.4, -0.2) is 38.9 Å². The number of halogens is 2. The van der Waals surface area contributed by atoms with Crippen molar-refractivity contribution in [1.82, 2.24) is 16.0 Å². The monoisotopic (exact) mass is 441 g/mol. The van der Waals surface area contributed by atoms with E-state index in [4.69, 9.17) is 16.4 Å². The van der Waals surface area contributed by atoms with E-state index in [0.29, 0.717) is 41.6 Å². The SMILES string of the molecule is C=CNCC(CCC(=O)NC)CNC(/C(C(=C)F)=C(\C)C(=C)Cl)C1CCCC1.C=O. The van der Waals surface area contributed by atoms with Crippen LogP contribution in [0.1, 0.15) is 45.4 Å². The maximum atomic E-state index is 14.4. The molecule has 1 fully saturated rings. The van der Waals surface area contributed by atoms with E-state index in [0.717, 1.165) is 32.1 Å². The number of amides is 1. The third-order valence-electron chi connectivity index (χ3n) is 5.52. The number of nitrogens with one attached hydrogen (secondary N) is 3. The fourth-order valence-electron chi connectivity index (χ4n) is 3.83. The highest BCUT2D eigenvalue weighted by Crippen LogP contribution is 2.36. The molecule has 1 amide bonds. The molecule has 0 bridgehead atoms. The summed E-state index contributed by atoms with van der Waals surface area (Å²) < 4.78 is 14.4. The van der Waals surface area contributed by atoms with E-state index in [1.165, 1.54) is 0 Å². The topological polar surface area (TPSA) is 70.2 Å². The van der Waals surface area contributed by atoms with Gasteiger partial charge in [0.15, 0.2) is 0 Å². The van der Waals surface area contributed by atoms with Crippen molar-refractivity contribution in [3.05, 3.63) is 47.9 Å². The molecule has 0 saturated heterocycles. The Morgan fingerprint density at radius 3 is 2.30 bits per heavy atom. The minimum atomic E-state index is -0.463. The van der Waals surface area contributed by atoms with Gasteiger partial charge in [0.25, 0.3) is 0 Å². The van der Waals surface area contributed by atoms with Gasteiger partial charge in [-0.3, -0.25) is 4.79 Å². The molecule has 0 spiro atoms. The van der Waals surface area contributed by atoms with E-state index in [1.807, 2.05) is 6.79 Å². The lowest BCUT2D eigenvalue weighted by molar-refractivity contribution is -0.120. The van der Waals surface area contributed by atoms with Gasteiger partial charge in [-0.05, 0) is 49.8 Å². The van der Waals surface area contributed by atoms with Crippen LogP contribution in [0.3, 0.4) is 0 Å². The van der Waals surface area contributed by atoms with Crippen LogP contribution in [0.15, 0.2) is 47.9 Å². The molecule has 0 aromatic rings. The van der Waals surface area contributed by atoms with Crippen LogP contribution in [0.4, 0.5) is 4.39 Å². The first-order valence-corrected chi connectivity index (χ1v) is 10.7. The highest BCUT2D eigenvalue weighted by Gasteiger charge is 2.31. The fourth-order valence-corrected chi connectivity index (χ4v) is 3.93. The maximum absolute atomic E-state index is 14.4. The van der Waals surface area contributed by atoms with E-state index in [1.54, 1.807) is 20.2 Å². The van der Waals surface area contributed by atoms with Crippen LogP contribution >= 0.6 is 11.6 Å². The van der Waals surface area contributed by atoms with Crippen molar-refractivity contribution in [2.24, 2.45) is 11.8 Å². The Balaban J connectivity index is 0.00000407. The van der Waals surface area contributed by atoms with Gasteiger partial charge in [-0.2, -0.15) is 0 Å². The largest absolute Gasteiger partial charge is 0.391 e. The lowest BCUT2D eigenvalue weighted by Crippen LogP contribution is -2.42. The van der Waals surface area contributed by atoms with Gasteiger partial charge in [-0.25, -0.2) is 4.39 Å². The normalized spacial score (nSPS) is 16.4. The summed E-state index contributed by atoms with van der Waals surface area (Å²) in [5.41, 5.74) is 1.17. The van der Waals surface area contributed by atoms with Crippen molar-refractivity contribution < 1.29 is 14.0 Å². The Kier molecular flexibility index (Phi) is 14.8. The van der Waals surface area contributed by atoms with Gasteiger partial charge in [0, 0.05) is 43.2 Å². The van der Waals surface area contributed by atoms with Crippen molar-refractivity contribution >= 4 is 24.3 Å². The minimum Gasteiger partial charge on any atom is -0.391 e. The van der Waals surface area contributed by atoms with Crippen molar-refractivity contribution in [2.45, 2.75) is 51.5 Å². The molecule has 2 atom stereocenters. The van der Waals surface area contributed by atoms with Gasteiger partial charge in [-0.15, -0.1) is 0 Å². The Morgan fingerprint density at radius 1 is 1.23 bits per heavy atom. The number of rotatable bonds is 13. The zero-order chi connectivity index (χ0) is 23.1. The van der Waals surface area contributed by atoms with Crippen LogP contribution in [0.25, 0.3) is 0 Å². The predicted octanol–water partition coefficient (Wildman–Crippen LogP) is 4.38. The fraction of sp³-hybridized carbons (Fsp3) is 0.565. The van der Waals surface area contributed by atoms with Crippen LogP contribution in [0, 0.1) is 11.8 Å². The molecule has 2 unspecified atom stereocenters. The number of hydrogen-bond acceptors (Lipinski definition) is 4. The van der Waals surface area contributed by atoms with E-state index >= 15 is 0 Å². The van der Waals surface area contributed by atoms with E-state index in [9.17, 15) is 9.18 Å². The summed E-state index contributed by atoms with van der Waals surface area (Å²) >= 11 is 6.10. The molecule has 1 saturated carbocycles. The summed E-state index contributed by atoms with van der Waals surface area (Å²) in [5.74, 6) is 0.0889. The van der Waals surface area contributed by atoms with Gasteiger partial charge in [0.05, 0.1) is 0 Å². The Hall–Kier alpha value is -1.92. The van der Waals surface area contributed by atoms with E-state index in [-0.39, 0.29) is 17.9 Å². The molecule has 0 aromatic heterocycles. The second-order valence-corrected chi connectivity index (χ2v) is 7.93. The van der Waals surface area contributed by atoms with Crippen molar-refractivity contribution in [3.63, 3.8) is 0 Å². The van der Waals surface area contributed by atoms with Crippen molar-refractivity contribution in [3.8, 4) is 0 Å². The molecule has 1 aliphatic carbocycles. The first-order valence-electron chi connectivity index (χ1n) is 10.3. The maximum Gasteiger partial charge on any atom is 0.219 e. The first kappa shape index (κ1) is 28.1. The Labute approximate surface area is 185 Å². The zero-order valence-corrected chi connectivity index (χ0v) is 19.1. The molecule has 170 valence electrons. The average molecular weight is 442 g/mol. The number of allylic oxidation sites excluding steroid dienone is 2. The van der Waals surface area contributed by atoms with Crippen molar-refractivity contribution in [1.29, 1.82) is 0 Å². The Bertz CT molecular complexity index is 616. The first-order chi connectivity index (χ1) is 14.3. The summed E-state index contributed by atoms with van der Waals surface area (Å²) in [6, 6.07) is -0.165. The van der Waals surface area contributed by atoms with Gasteiger partial charge in [-0.1, -0.05) is 44.2 Å². The second-order valence-electron chi connectivity index (χ2n) is 7.47. The third kappa shape index (κ3) is 9.72. The quantitative estimate of drug-likeness (QED) is 0.371. The number of hydrogen-bond donors (Lipinski definition) is 3. The van der Waals surface area contributed by atoms with Gasteiger partial charge in [0.1, 0.15) is 12.6 Å². The summed E-state index contributed by atoms with van der Waals surface area (Å²) in [6.07, 6.45) is 7.21. The third-order valence-corrected chi connectivity index (χ3v) is 5.80. The lowest BCUT2D eigenvalue weighted by Gasteiger charge is -2.30. The van der Waals surface area contributed by atoms with Crippen LogP contribution < -0.4 is 16.0 Å². The average Bonchev–Trinajstić information content (AvgIpc) is 3.27. The van der Waals surface area contributed by atoms with Crippen LogP contribution in [0.2, 0.25) is 0 Å². The van der Waals surface area contributed by atoms with Crippen molar-refractivity contribution in [2.75, 3.05) is 20.1 Å². The summed E-state index contributed by atoms with van der Waals surface area (Å²) in [7, 11) is 1.64. The standard InChI is InChI=1S/C22H35ClFN3O.CH2O/c1-6-26-13-18(11-12-20(28)25-5)14-27-22(19-9-7-8-10-19)21(17(4)24)15(2)16(3)23;1-2/h6,18-19,22,26-27H,1,3-4,7-14H2,2,5H3,(H,25,28);1H2/b21-15+;. The highest BCUT2D eigenvalue weighted by molar-refractivity contribution is 6.31. The minimum absolute atomic E-state index is 0.0166. The molecule has 0 aliphatic heterocycles. The molecule has 1 aliphatic rings. The summed E-state index contributed by atoms with van der Waals surface area (Å²) in [5, 5.41) is 9.68. The van der Waals surface area contributed by atoms with Crippen LogP contribution in [-0.2, 0) is 9.59 Å². The second kappa shape index (κ2) is 15.9. The molecule has 7 heteroatoms. The molecular weight excluding hydrogens is 405 g/mol. The molecule has 30 heavy (non-hydrogen) atoms. The molecule has 0 heterocycles. The summed E-state index contributed by atoms with van der Waals surface area (Å²) in [6.45, 7) is 16.2. The van der Waals surface area contributed by atoms with E-state index < -0.39 is 5.83 Å².